The van der Waals surface area contributed by atoms with E-state index in [1.54, 1.807) is 0 Å². The van der Waals surface area contributed by atoms with Crippen molar-refractivity contribution in [1.29, 1.82) is 0 Å². The molecule has 0 radical (unpaired) electrons. The van der Waals surface area contributed by atoms with E-state index in [4.69, 9.17) is 10.6 Å². The van der Waals surface area contributed by atoms with Crippen LogP contribution in [0.3, 0.4) is 0 Å². The zero-order valence-corrected chi connectivity index (χ0v) is 13.1. The van der Waals surface area contributed by atoms with Gasteiger partial charge in [-0.2, -0.15) is 0 Å². The Morgan fingerprint density at radius 2 is 2.10 bits per heavy atom. The Morgan fingerprint density at radius 1 is 1.30 bits per heavy atom. The predicted octanol–water partition coefficient (Wildman–Crippen LogP) is 2.21. The average Bonchev–Trinajstić information content (AvgIpc) is 2.42. The molecule has 2 unspecified atom stereocenters. The lowest BCUT2D eigenvalue weighted by atomic mass is 9.91. The molecule has 0 aromatic rings. The number of rotatable bonds is 4. The summed E-state index contributed by atoms with van der Waals surface area (Å²) in [5, 5.41) is 0. The van der Waals surface area contributed by atoms with E-state index in [0.29, 0.717) is 6.04 Å². The van der Waals surface area contributed by atoms with Gasteiger partial charge in [0, 0.05) is 19.1 Å². The van der Waals surface area contributed by atoms with Crippen molar-refractivity contribution in [2.45, 2.75) is 70.6 Å². The monoisotopic (exact) mass is 281 g/mol. The molecule has 0 aromatic carbocycles. The summed E-state index contributed by atoms with van der Waals surface area (Å²) in [6.45, 7) is 7.33. The number of nitrogens with zero attached hydrogens (tertiary/aromatic N) is 1. The Morgan fingerprint density at radius 3 is 2.85 bits per heavy atom. The molecule has 1 aliphatic carbocycles. The number of hydrogen-bond acceptors (Lipinski definition) is 4. The molecule has 0 saturated carbocycles. The summed E-state index contributed by atoms with van der Waals surface area (Å²) in [4.78, 5) is 2.49. The third kappa shape index (κ3) is 4.29. The Kier molecular flexibility index (Phi) is 6.49. The molecule has 0 bridgehead atoms. The van der Waals surface area contributed by atoms with Crippen molar-refractivity contribution in [1.82, 2.24) is 10.3 Å². The van der Waals surface area contributed by atoms with E-state index in [2.05, 4.69) is 30.2 Å². The second-order valence-electron chi connectivity index (χ2n) is 6.37. The second-order valence-corrected chi connectivity index (χ2v) is 6.37. The molecule has 3 N–H and O–H groups in total. The molecule has 4 heteroatoms. The summed E-state index contributed by atoms with van der Waals surface area (Å²) in [6.07, 6.45) is 10.2. The van der Waals surface area contributed by atoms with E-state index in [0.717, 1.165) is 26.1 Å². The lowest BCUT2D eigenvalue weighted by Crippen LogP contribution is -2.56. The maximum absolute atomic E-state index is 6.01. The van der Waals surface area contributed by atoms with Gasteiger partial charge in [0.15, 0.2) is 0 Å². The second kappa shape index (κ2) is 8.13. The summed E-state index contributed by atoms with van der Waals surface area (Å²) in [7, 11) is 0. The molecular formula is C16H31N3O. The van der Waals surface area contributed by atoms with Gasteiger partial charge >= 0.3 is 0 Å². The summed E-state index contributed by atoms with van der Waals surface area (Å²) in [6, 6.07) is 0.751. The van der Waals surface area contributed by atoms with E-state index in [1.165, 1.54) is 37.7 Å². The highest BCUT2D eigenvalue weighted by molar-refractivity contribution is 5.14. The summed E-state index contributed by atoms with van der Waals surface area (Å²) in [5.74, 6) is 5.86. The molecule has 1 saturated heterocycles. The minimum absolute atomic E-state index is 0.176. The number of hydrogen-bond donors (Lipinski definition) is 2. The van der Waals surface area contributed by atoms with Crippen LogP contribution in [0.15, 0.2) is 11.6 Å². The first-order valence-corrected chi connectivity index (χ1v) is 8.23. The minimum Gasteiger partial charge on any atom is -0.374 e. The largest absolute Gasteiger partial charge is 0.374 e. The normalized spacial score (nSPS) is 27.8. The first-order valence-electron chi connectivity index (χ1n) is 8.23. The van der Waals surface area contributed by atoms with Gasteiger partial charge in [0.25, 0.3) is 0 Å². The van der Waals surface area contributed by atoms with Gasteiger partial charge in [0.1, 0.15) is 0 Å². The zero-order valence-electron chi connectivity index (χ0n) is 13.1. The smallest absolute Gasteiger partial charge is 0.0906 e. The van der Waals surface area contributed by atoms with Gasteiger partial charge < -0.3 is 4.74 Å². The van der Waals surface area contributed by atoms with Gasteiger partial charge in [-0.05, 0) is 39.5 Å². The van der Waals surface area contributed by atoms with Gasteiger partial charge in [-0.1, -0.05) is 24.5 Å². The predicted molar refractivity (Wildman–Crippen MR) is 83.3 cm³/mol. The number of ether oxygens (including phenoxy) is 1. The third-order valence-corrected chi connectivity index (χ3v) is 4.63. The van der Waals surface area contributed by atoms with Crippen LogP contribution < -0.4 is 11.3 Å². The van der Waals surface area contributed by atoms with Crippen molar-refractivity contribution in [3.8, 4) is 0 Å². The van der Waals surface area contributed by atoms with Crippen LogP contribution in [0.25, 0.3) is 0 Å². The van der Waals surface area contributed by atoms with Crippen LogP contribution in [0.5, 0.6) is 0 Å². The number of nitrogens with two attached hydrogens (primary N) is 1. The third-order valence-electron chi connectivity index (χ3n) is 4.63. The van der Waals surface area contributed by atoms with Crippen LogP contribution in [-0.2, 0) is 4.74 Å². The fourth-order valence-corrected chi connectivity index (χ4v) is 3.32. The molecule has 4 nitrogen and oxygen atoms in total. The lowest BCUT2D eigenvalue weighted by molar-refractivity contribution is -0.0503. The highest BCUT2D eigenvalue weighted by atomic mass is 16.5. The average molecular weight is 281 g/mol. The van der Waals surface area contributed by atoms with Crippen LogP contribution >= 0.6 is 0 Å². The molecule has 2 rings (SSSR count). The van der Waals surface area contributed by atoms with Crippen molar-refractivity contribution in [2.75, 3.05) is 19.7 Å². The van der Waals surface area contributed by atoms with Crippen LogP contribution in [0.1, 0.15) is 52.4 Å². The number of morpholine rings is 1. The van der Waals surface area contributed by atoms with Crippen molar-refractivity contribution in [3.05, 3.63) is 11.6 Å². The van der Waals surface area contributed by atoms with Gasteiger partial charge in [-0.25, -0.2) is 0 Å². The molecule has 2 aliphatic rings. The maximum Gasteiger partial charge on any atom is 0.0906 e. The van der Waals surface area contributed by atoms with Crippen molar-refractivity contribution >= 4 is 0 Å². The van der Waals surface area contributed by atoms with Crippen LogP contribution in [0.4, 0.5) is 0 Å². The number of nitrogens with one attached hydrogen (secondary N) is 1. The van der Waals surface area contributed by atoms with Gasteiger partial charge in [-0.3, -0.25) is 16.2 Å². The van der Waals surface area contributed by atoms with E-state index in [1.807, 2.05) is 0 Å². The number of allylic oxidation sites excluding steroid dienone is 1. The van der Waals surface area contributed by atoms with E-state index in [-0.39, 0.29) is 12.1 Å². The fourth-order valence-electron chi connectivity index (χ4n) is 3.32. The summed E-state index contributed by atoms with van der Waals surface area (Å²) >= 11 is 0. The molecule has 1 aliphatic heterocycles. The Labute approximate surface area is 123 Å². The highest BCUT2D eigenvalue weighted by Crippen LogP contribution is 2.23. The van der Waals surface area contributed by atoms with Crippen molar-refractivity contribution < 1.29 is 4.74 Å². The Balaban J connectivity index is 2.02. The molecule has 1 heterocycles. The minimum atomic E-state index is 0.176. The maximum atomic E-state index is 6.01. The highest BCUT2D eigenvalue weighted by Gasteiger charge is 2.30. The molecular weight excluding hydrogens is 250 g/mol. The van der Waals surface area contributed by atoms with Crippen LogP contribution in [-0.4, -0.2) is 42.8 Å². The lowest BCUT2D eigenvalue weighted by Gasteiger charge is -2.39. The summed E-state index contributed by atoms with van der Waals surface area (Å²) in [5.41, 5.74) is 4.49. The van der Waals surface area contributed by atoms with Gasteiger partial charge in [0.2, 0.25) is 0 Å². The van der Waals surface area contributed by atoms with E-state index < -0.39 is 0 Å². The first-order chi connectivity index (χ1) is 9.72. The SMILES string of the molecule is CC(C)N1CCOC(C(NN)C2=CCCCCCC2)C1. The van der Waals surface area contributed by atoms with Crippen LogP contribution in [0, 0.1) is 0 Å². The Bertz CT molecular complexity index is 317. The first kappa shape index (κ1) is 16.0. The molecule has 1 fully saturated rings. The van der Waals surface area contributed by atoms with Crippen LogP contribution in [0.2, 0.25) is 0 Å². The standard InChI is InChI=1S/C16H31N3O/c1-13(2)19-10-11-20-15(12-19)16(18-17)14-8-6-4-3-5-7-9-14/h8,13,15-16,18H,3-7,9-12,17H2,1-2H3. The molecule has 116 valence electrons. The molecule has 0 spiro atoms. The molecule has 20 heavy (non-hydrogen) atoms. The molecule has 2 atom stereocenters. The van der Waals surface area contributed by atoms with Gasteiger partial charge in [0.05, 0.1) is 18.8 Å². The summed E-state index contributed by atoms with van der Waals surface area (Å²) < 4.78 is 6.01. The van der Waals surface area contributed by atoms with Crippen molar-refractivity contribution in [3.63, 3.8) is 0 Å². The van der Waals surface area contributed by atoms with Crippen molar-refractivity contribution in [2.24, 2.45) is 5.84 Å². The zero-order chi connectivity index (χ0) is 14.4. The van der Waals surface area contributed by atoms with E-state index >= 15 is 0 Å². The molecule has 0 amide bonds. The van der Waals surface area contributed by atoms with Gasteiger partial charge in [-0.15, -0.1) is 0 Å². The fraction of sp³-hybridized carbons (Fsp3) is 0.875. The van der Waals surface area contributed by atoms with E-state index in [9.17, 15) is 0 Å². The molecule has 0 aromatic heterocycles. The topological polar surface area (TPSA) is 50.5 Å². The quantitative estimate of drug-likeness (QED) is 0.471. The number of hydrazine groups is 1. The Hall–Kier alpha value is -0.420.